The number of thioether (sulfide) groups is 1. The standard InChI is InChI=1S/C17H19N3O2S/c1-11-4-7-14-15(8-11)19-17(18-14)23-10-16(21)20(3)9-13-6-5-12(2)22-13/h4-8H,9-10H2,1-3H3,(H,18,19). The van der Waals surface area contributed by atoms with Gasteiger partial charge in [0.05, 0.1) is 23.3 Å². The molecule has 3 aromatic rings. The summed E-state index contributed by atoms with van der Waals surface area (Å²) >= 11 is 1.42. The first-order chi connectivity index (χ1) is 11.0. The quantitative estimate of drug-likeness (QED) is 0.728. The van der Waals surface area contributed by atoms with Crippen LogP contribution in [-0.4, -0.2) is 33.6 Å². The van der Waals surface area contributed by atoms with E-state index in [4.69, 9.17) is 4.42 Å². The molecule has 0 aliphatic heterocycles. The van der Waals surface area contributed by atoms with Crippen molar-refractivity contribution in [1.29, 1.82) is 0 Å². The Balaban J connectivity index is 1.58. The van der Waals surface area contributed by atoms with Crippen molar-refractivity contribution in [2.24, 2.45) is 0 Å². The van der Waals surface area contributed by atoms with Crippen molar-refractivity contribution in [3.05, 3.63) is 47.4 Å². The molecule has 1 N–H and O–H groups in total. The zero-order valence-corrected chi connectivity index (χ0v) is 14.2. The third-order valence-corrected chi connectivity index (χ3v) is 4.42. The van der Waals surface area contributed by atoms with Crippen LogP contribution in [0.4, 0.5) is 0 Å². The number of aromatic nitrogens is 2. The number of furan rings is 1. The average molecular weight is 329 g/mol. The van der Waals surface area contributed by atoms with Gasteiger partial charge in [0.25, 0.3) is 0 Å². The summed E-state index contributed by atoms with van der Waals surface area (Å²) in [6.07, 6.45) is 0. The lowest BCUT2D eigenvalue weighted by atomic mass is 10.2. The number of carbonyl (C=O) groups is 1. The Morgan fingerprint density at radius 3 is 2.87 bits per heavy atom. The number of nitrogens with one attached hydrogen (secondary N) is 1. The highest BCUT2D eigenvalue weighted by atomic mass is 32.2. The summed E-state index contributed by atoms with van der Waals surface area (Å²) < 4.78 is 5.50. The van der Waals surface area contributed by atoms with Gasteiger partial charge in [-0.3, -0.25) is 4.79 Å². The van der Waals surface area contributed by atoms with Crippen LogP contribution in [0.25, 0.3) is 11.0 Å². The Morgan fingerprint density at radius 2 is 2.13 bits per heavy atom. The Bertz CT molecular complexity index is 837. The van der Waals surface area contributed by atoms with Gasteiger partial charge in [0.15, 0.2) is 5.16 Å². The van der Waals surface area contributed by atoms with Gasteiger partial charge in [0.2, 0.25) is 5.91 Å². The molecule has 5 nitrogen and oxygen atoms in total. The fourth-order valence-electron chi connectivity index (χ4n) is 2.30. The largest absolute Gasteiger partial charge is 0.464 e. The Labute approximate surface area is 139 Å². The molecule has 0 aliphatic carbocycles. The minimum atomic E-state index is 0.0423. The summed E-state index contributed by atoms with van der Waals surface area (Å²) in [5.41, 5.74) is 3.10. The van der Waals surface area contributed by atoms with Gasteiger partial charge in [0.1, 0.15) is 11.5 Å². The molecule has 0 fully saturated rings. The minimum absolute atomic E-state index is 0.0423. The van der Waals surface area contributed by atoms with E-state index in [-0.39, 0.29) is 5.91 Å². The van der Waals surface area contributed by atoms with Crippen LogP contribution in [0.1, 0.15) is 17.1 Å². The van der Waals surface area contributed by atoms with Crippen LogP contribution in [-0.2, 0) is 11.3 Å². The number of benzene rings is 1. The first-order valence-corrected chi connectivity index (χ1v) is 8.38. The van der Waals surface area contributed by atoms with Crippen molar-refractivity contribution < 1.29 is 9.21 Å². The fraction of sp³-hybridized carbons (Fsp3) is 0.294. The van der Waals surface area contributed by atoms with E-state index >= 15 is 0 Å². The lowest BCUT2D eigenvalue weighted by Gasteiger charge is -2.14. The van der Waals surface area contributed by atoms with Gasteiger partial charge in [-0.2, -0.15) is 0 Å². The smallest absolute Gasteiger partial charge is 0.233 e. The molecule has 0 atom stereocenters. The van der Waals surface area contributed by atoms with Gasteiger partial charge < -0.3 is 14.3 Å². The molecule has 2 aromatic heterocycles. The number of H-pyrrole nitrogens is 1. The first-order valence-electron chi connectivity index (χ1n) is 7.40. The molecule has 2 heterocycles. The monoisotopic (exact) mass is 329 g/mol. The van der Waals surface area contributed by atoms with Crippen molar-refractivity contribution in [1.82, 2.24) is 14.9 Å². The maximum Gasteiger partial charge on any atom is 0.233 e. The van der Waals surface area contributed by atoms with Gasteiger partial charge in [-0.15, -0.1) is 0 Å². The number of rotatable bonds is 5. The molecule has 23 heavy (non-hydrogen) atoms. The lowest BCUT2D eigenvalue weighted by Crippen LogP contribution is -2.27. The number of imidazole rings is 1. The van der Waals surface area contributed by atoms with Gasteiger partial charge in [-0.25, -0.2) is 4.98 Å². The number of hydrogen-bond acceptors (Lipinski definition) is 4. The molecule has 0 bridgehead atoms. The summed E-state index contributed by atoms with van der Waals surface area (Å²) in [5, 5.41) is 0.765. The second-order valence-corrected chi connectivity index (χ2v) is 6.58. The highest BCUT2D eigenvalue weighted by Crippen LogP contribution is 2.20. The van der Waals surface area contributed by atoms with Crippen LogP contribution >= 0.6 is 11.8 Å². The normalized spacial score (nSPS) is 11.1. The third-order valence-electron chi connectivity index (χ3n) is 3.56. The van der Waals surface area contributed by atoms with Gasteiger partial charge in [-0.1, -0.05) is 17.8 Å². The van der Waals surface area contributed by atoms with E-state index in [1.807, 2.05) is 38.1 Å². The van der Waals surface area contributed by atoms with E-state index in [0.717, 1.165) is 27.7 Å². The fourth-order valence-corrected chi connectivity index (χ4v) is 3.13. The molecule has 0 aliphatic rings. The Morgan fingerprint density at radius 1 is 1.30 bits per heavy atom. The predicted octanol–water partition coefficient (Wildman–Crippen LogP) is 3.52. The second-order valence-electron chi connectivity index (χ2n) is 5.61. The molecular weight excluding hydrogens is 310 g/mol. The summed E-state index contributed by atoms with van der Waals surface area (Å²) in [6.45, 7) is 4.42. The molecule has 120 valence electrons. The molecule has 1 amide bonds. The van der Waals surface area contributed by atoms with E-state index in [9.17, 15) is 4.79 Å². The van der Waals surface area contributed by atoms with Crippen LogP contribution in [0.15, 0.2) is 39.9 Å². The van der Waals surface area contributed by atoms with Crippen LogP contribution in [0.3, 0.4) is 0 Å². The lowest BCUT2D eigenvalue weighted by molar-refractivity contribution is -0.127. The second kappa shape index (κ2) is 6.50. The number of hydrogen-bond donors (Lipinski definition) is 1. The number of aryl methyl sites for hydroxylation is 2. The first kappa shape index (κ1) is 15.7. The molecule has 0 radical (unpaired) electrons. The summed E-state index contributed by atoms with van der Waals surface area (Å²) in [6, 6.07) is 9.87. The van der Waals surface area contributed by atoms with Crippen LogP contribution < -0.4 is 0 Å². The number of nitrogens with zero attached hydrogens (tertiary/aromatic N) is 2. The number of amides is 1. The number of carbonyl (C=O) groups excluding carboxylic acids is 1. The van der Waals surface area contributed by atoms with E-state index in [1.54, 1.807) is 11.9 Å². The van der Waals surface area contributed by atoms with Crippen LogP contribution in [0.2, 0.25) is 0 Å². The van der Waals surface area contributed by atoms with Crippen molar-refractivity contribution in [3.8, 4) is 0 Å². The summed E-state index contributed by atoms with van der Waals surface area (Å²) in [5.74, 6) is 2.03. The van der Waals surface area contributed by atoms with Crippen molar-refractivity contribution >= 4 is 28.7 Å². The summed E-state index contributed by atoms with van der Waals surface area (Å²) in [4.78, 5) is 21.6. The molecule has 0 spiro atoms. The van der Waals surface area contributed by atoms with Gasteiger partial charge in [0, 0.05) is 7.05 Å². The predicted molar refractivity (Wildman–Crippen MR) is 91.5 cm³/mol. The van der Waals surface area contributed by atoms with Crippen LogP contribution in [0, 0.1) is 13.8 Å². The average Bonchev–Trinajstić information content (AvgIpc) is 3.10. The molecule has 3 rings (SSSR count). The Kier molecular flexibility index (Phi) is 4.43. The van der Waals surface area contributed by atoms with Crippen molar-refractivity contribution in [2.45, 2.75) is 25.5 Å². The topological polar surface area (TPSA) is 62.1 Å². The van der Waals surface area contributed by atoms with Crippen molar-refractivity contribution in [3.63, 3.8) is 0 Å². The highest BCUT2D eigenvalue weighted by molar-refractivity contribution is 7.99. The molecule has 0 saturated heterocycles. The Hall–Kier alpha value is -2.21. The highest BCUT2D eigenvalue weighted by Gasteiger charge is 2.13. The van der Waals surface area contributed by atoms with Gasteiger partial charge >= 0.3 is 0 Å². The van der Waals surface area contributed by atoms with Gasteiger partial charge in [-0.05, 0) is 43.7 Å². The van der Waals surface area contributed by atoms with Crippen LogP contribution in [0.5, 0.6) is 0 Å². The van der Waals surface area contributed by atoms with E-state index in [0.29, 0.717) is 12.3 Å². The zero-order chi connectivity index (χ0) is 16.4. The van der Waals surface area contributed by atoms with E-state index < -0.39 is 0 Å². The summed E-state index contributed by atoms with van der Waals surface area (Å²) in [7, 11) is 1.78. The van der Waals surface area contributed by atoms with E-state index in [2.05, 4.69) is 16.0 Å². The maximum absolute atomic E-state index is 12.2. The number of aromatic amines is 1. The molecular formula is C17H19N3O2S. The third kappa shape index (κ3) is 3.76. The maximum atomic E-state index is 12.2. The zero-order valence-electron chi connectivity index (χ0n) is 13.4. The van der Waals surface area contributed by atoms with E-state index in [1.165, 1.54) is 17.3 Å². The molecule has 1 aromatic carbocycles. The number of fused-ring (bicyclic) bond motifs is 1. The molecule has 6 heteroatoms. The van der Waals surface area contributed by atoms with Crippen molar-refractivity contribution in [2.75, 3.05) is 12.8 Å². The molecule has 0 saturated carbocycles. The SMILES string of the molecule is Cc1ccc2nc(SCC(=O)N(C)Cc3ccc(C)o3)[nH]c2c1. The minimum Gasteiger partial charge on any atom is -0.464 e. The molecule has 0 unspecified atom stereocenters.